The normalized spacial score (nSPS) is 12.5. The van der Waals surface area contributed by atoms with Crippen LogP contribution in [0.1, 0.15) is 38.3 Å². The molecule has 38 heavy (non-hydrogen) atoms. The highest BCUT2D eigenvalue weighted by atomic mass is 16.6. The monoisotopic (exact) mass is 518 g/mol. The minimum Gasteiger partial charge on any atom is -0.495 e. The molecule has 8 heteroatoms. The van der Waals surface area contributed by atoms with Gasteiger partial charge in [-0.3, -0.25) is 9.59 Å². The zero-order valence-electron chi connectivity index (χ0n) is 22.2. The van der Waals surface area contributed by atoms with Crippen molar-refractivity contribution in [1.82, 2.24) is 5.32 Å². The summed E-state index contributed by atoms with van der Waals surface area (Å²) < 4.78 is 16.4. The van der Waals surface area contributed by atoms with Gasteiger partial charge in [-0.25, -0.2) is 4.79 Å². The van der Waals surface area contributed by atoms with Crippen LogP contribution in [0.15, 0.2) is 84.9 Å². The maximum Gasteiger partial charge on any atom is 0.408 e. The number of rotatable bonds is 10. The lowest BCUT2D eigenvalue weighted by Gasteiger charge is -2.34. The summed E-state index contributed by atoms with van der Waals surface area (Å²) in [5.74, 6) is -0.845. The van der Waals surface area contributed by atoms with E-state index in [0.29, 0.717) is 11.4 Å². The Hall–Kier alpha value is -4.33. The van der Waals surface area contributed by atoms with Gasteiger partial charge in [-0.1, -0.05) is 72.8 Å². The molecule has 0 heterocycles. The number of nitrogens with one attached hydrogen (secondary N) is 2. The van der Waals surface area contributed by atoms with Gasteiger partial charge in [0.15, 0.2) is 0 Å². The lowest BCUT2D eigenvalue weighted by Crippen LogP contribution is -2.60. The third-order valence-corrected chi connectivity index (χ3v) is 5.57. The number of anilines is 1. The minimum absolute atomic E-state index is 0.00843. The Bertz CT molecular complexity index is 1220. The van der Waals surface area contributed by atoms with Gasteiger partial charge in [-0.2, -0.15) is 0 Å². The predicted molar refractivity (Wildman–Crippen MR) is 145 cm³/mol. The first kappa shape index (κ1) is 28.2. The molecular weight excluding hydrogens is 484 g/mol. The molecule has 0 aromatic heterocycles. The summed E-state index contributed by atoms with van der Waals surface area (Å²) in [6.45, 7) is 5.18. The molecule has 3 aromatic carbocycles. The Kier molecular flexibility index (Phi) is 9.49. The summed E-state index contributed by atoms with van der Waals surface area (Å²) >= 11 is 0. The highest BCUT2D eigenvalue weighted by Crippen LogP contribution is 2.27. The minimum atomic E-state index is -1.74. The van der Waals surface area contributed by atoms with Crippen LogP contribution >= 0.6 is 0 Å². The van der Waals surface area contributed by atoms with E-state index in [-0.39, 0.29) is 13.0 Å². The number of esters is 1. The standard InChI is InChI=1S/C30H34N2O6/c1-29(2,3)38-28(35)32-30(19-22-13-7-5-8-14-22,20-26(33)37-21-23-15-9-6-10-16-23)27(34)31-24-17-11-12-18-25(24)36-4/h5-18H,19-21H2,1-4H3,(H,31,34)(H,32,35)/t30-/m0/s1. The number of hydrogen-bond acceptors (Lipinski definition) is 6. The van der Waals surface area contributed by atoms with Crippen LogP contribution in [0.2, 0.25) is 0 Å². The van der Waals surface area contributed by atoms with Crippen LogP contribution in [0.4, 0.5) is 10.5 Å². The van der Waals surface area contributed by atoms with Gasteiger partial charge in [-0.05, 0) is 44.0 Å². The molecule has 0 aliphatic heterocycles. The van der Waals surface area contributed by atoms with Gasteiger partial charge >= 0.3 is 12.1 Å². The smallest absolute Gasteiger partial charge is 0.408 e. The highest BCUT2D eigenvalue weighted by molar-refractivity contribution is 6.03. The molecule has 200 valence electrons. The molecule has 3 rings (SSSR count). The van der Waals surface area contributed by atoms with Gasteiger partial charge in [0, 0.05) is 6.42 Å². The topological polar surface area (TPSA) is 103 Å². The second-order valence-corrected chi connectivity index (χ2v) is 9.85. The van der Waals surface area contributed by atoms with Crippen molar-refractivity contribution < 1.29 is 28.6 Å². The predicted octanol–water partition coefficient (Wildman–Crippen LogP) is 5.27. The molecule has 3 aromatic rings. The third kappa shape index (κ3) is 8.37. The van der Waals surface area contributed by atoms with E-state index in [1.54, 1.807) is 45.0 Å². The van der Waals surface area contributed by atoms with Crippen molar-refractivity contribution in [2.45, 2.75) is 51.4 Å². The molecule has 2 N–H and O–H groups in total. The Morgan fingerprint density at radius 3 is 1.97 bits per heavy atom. The largest absolute Gasteiger partial charge is 0.495 e. The quantitative estimate of drug-likeness (QED) is 0.354. The van der Waals surface area contributed by atoms with Gasteiger partial charge in [0.1, 0.15) is 23.5 Å². The fraction of sp³-hybridized carbons (Fsp3) is 0.300. The number of carbonyl (C=O) groups is 3. The van der Waals surface area contributed by atoms with Crippen LogP contribution in [-0.2, 0) is 32.1 Å². The third-order valence-electron chi connectivity index (χ3n) is 5.57. The average Bonchev–Trinajstić information content (AvgIpc) is 2.87. The molecule has 0 spiro atoms. The van der Waals surface area contributed by atoms with E-state index in [0.717, 1.165) is 11.1 Å². The number of para-hydroxylation sites is 2. The SMILES string of the molecule is COc1ccccc1NC(=O)[C@@](CC(=O)OCc1ccccc1)(Cc1ccccc1)NC(=O)OC(C)(C)C. The Morgan fingerprint density at radius 1 is 0.789 bits per heavy atom. The number of amides is 2. The first-order chi connectivity index (χ1) is 18.1. The van der Waals surface area contributed by atoms with Crippen molar-refractivity contribution in [2.24, 2.45) is 0 Å². The van der Waals surface area contributed by atoms with Crippen molar-refractivity contribution in [2.75, 3.05) is 12.4 Å². The fourth-order valence-electron chi connectivity index (χ4n) is 3.84. The number of alkyl carbamates (subject to hydrolysis) is 1. The summed E-state index contributed by atoms with van der Waals surface area (Å²) in [5, 5.41) is 5.54. The maximum atomic E-state index is 14.0. The zero-order chi connectivity index (χ0) is 27.6. The molecule has 0 saturated heterocycles. The summed E-state index contributed by atoms with van der Waals surface area (Å²) in [7, 11) is 1.49. The van der Waals surface area contributed by atoms with Crippen LogP contribution in [0, 0.1) is 0 Å². The molecule has 1 atom stereocenters. The van der Waals surface area contributed by atoms with Crippen LogP contribution in [0.3, 0.4) is 0 Å². The summed E-state index contributed by atoms with van der Waals surface area (Å²) in [4.78, 5) is 40.1. The molecule has 0 aliphatic rings. The van der Waals surface area contributed by atoms with E-state index in [2.05, 4.69) is 10.6 Å². The molecule has 8 nitrogen and oxygen atoms in total. The number of benzene rings is 3. The summed E-state index contributed by atoms with van der Waals surface area (Å²) in [5.41, 5.74) is -0.642. The highest BCUT2D eigenvalue weighted by Gasteiger charge is 2.44. The van der Waals surface area contributed by atoms with E-state index < -0.39 is 35.5 Å². The van der Waals surface area contributed by atoms with Crippen LogP contribution in [0.5, 0.6) is 5.75 Å². The van der Waals surface area contributed by atoms with Gasteiger partial charge in [0.05, 0.1) is 19.2 Å². The van der Waals surface area contributed by atoms with Crippen molar-refractivity contribution >= 4 is 23.7 Å². The molecule has 2 amide bonds. The maximum absolute atomic E-state index is 14.0. The molecule has 0 fully saturated rings. The Balaban J connectivity index is 1.97. The first-order valence-electron chi connectivity index (χ1n) is 12.3. The van der Waals surface area contributed by atoms with Crippen LogP contribution in [0.25, 0.3) is 0 Å². The first-order valence-corrected chi connectivity index (χ1v) is 12.3. The Morgan fingerprint density at radius 2 is 1.37 bits per heavy atom. The van der Waals surface area contributed by atoms with Crippen molar-refractivity contribution in [3.05, 3.63) is 96.1 Å². The van der Waals surface area contributed by atoms with Gasteiger partial charge in [0.25, 0.3) is 5.91 Å². The number of hydrogen-bond donors (Lipinski definition) is 2. The number of ether oxygens (including phenoxy) is 3. The van der Waals surface area contributed by atoms with Gasteiger partial charge in [-0.15, -0.1) is 0 Å². The van der Waals surface area contributed by atoms with Crippen LogP contribution < -0.4 is 15.4 Å². The van der Waals surface area contributed by atoms with Gasteiger partial charge < -0.3 is 24.8 Å². The van der Waals surface area contributed by atoms with Crippen molar-refractivity contribution in [3.8, 4) is 5.75 Å². The van der Waals surface area contributed by atoms with Crippen molar-refractivity contribution in [1.29, 1.82) is 0 Å². The van der Waals surface area contributed by atoms with Crippen molar-refractivity contribution in [3.63, 3.8) is 0 Å². The second-order valence-electron chi connectivity index (χ2n) is 9.85. The molecule has 0 unspecified atom stereocenters. The van der Waals surface area contributed by atoms with E-state index in [9.17, 15) is 14.4 Å². The summed E-state index contributed by atoms with van der Waals surface area (Å²) in [6.07, 6.45) is -1.26. The number of methoxy groups -OCH3 is 1. The Labute approximate surface area is 223 Å². The lowest BCUT2D eigenvalue weighted by molar-refractivity contribution is -0.148. The number of carbonyl (C=O) groups excluding carboxylic acids is 3. The van der Waals surface area contributed by atoms with Gasteiger partial charge in [0.2, 0.25) is 0 Å². The van der Waals surface area contributed by atoms with Crippen LogP contribution in [-0.4, -0.2) is 36.2 Å². The molecule has 0 aliphatic carbocycles. The average molecular weight is 519 g/mol. The molecule has 0 saturated carbocycles. The van der Waals surface area contributed by atoms with E-state index >= 15 is 0 Å². The fourth-order valence-corrected chi connectivity index (χ4v) is 3.84. The molecule has 0 bridgehead atoms. The second kappa shape index (κ2) is 12.8. The zero-order valence-corrected chi connectivity index (χ0v) is 22.2. The molecular formula is C30H34N2O6. The van der Waals surface area contributed by atoms with E-state index in [4.69, 9.17) is 14.2 Å². The van der Waals surface area contributed by atoms with E-state index in [1.807, 2.05) is 60.7 Å². The summed E-state index contributed by atoms with van der Waals surface area (Å²) in [6, 6.07) is 25.2. The van der Waals surface area contributed by atoms with E-state index in [1.165, 1.54) is 7.11 Å². The molecule has 0 radical (unpaired) electrons. The lowest BCUT2D eigenvalue weighted by atomic mass is 9.86.